The molecule has 0 radical (unpaired) electrons. The molecular formula is C8H13ClN2OS. The second kappa shape index (κ2) is 5.54. The van der Waals surface area contributed by atoms with E-state index in [4.69, 9.17) is 16.3 Å². The molecule has 3 nitrogen and oxygen atoms in total. The van der Waals surface area contributed by atoms with Gasteiger partial charge in [-0.15, -0.1) is 11.3 Å². The van der Waals surface area contributed by atoms with E-state index in [1.807, 2.05) is 0 Å². The molecule has 1 heterocycles. The van der Waals surface area contributed by atoms with Crippen LogP contribution in [0.4, 0.5) is 0 Å². The molecule has 0 saturated carbocycles. The van der Waals surface area contributed by atoms with E-state index < -0.39 is 0 Å². The normalized spacial score (nSPS) is 13.2. The van der Waals surface area contributed by atoms with Crippen LogP contribution in [0.5, 0.6) is 0 Å². The van der Waals surface area contributed by atoms with Crippen molar-refractivity contribution in [3.8, 4) is 0 Å². The number of rotatable bonds is 5. The van der Waals surface area contributed by atoms with E-state index in [0.29, 0.717) is 12.6 Å². The second-order valence-corrected chi connectivity index (χ2v) is 4.54. The molecule has 0 bridgehead atoms. The molecule has 1 aromatic rings. The van der Waals surface area contributed by atoms with Crippen molar-refractivity contribution in [2.24, 2.45) is 0 Å². The van der Waals surface area contributed by atoms with Gasteiger partial charge in [0, 0.05) is 19.7 Å². The molecule has 0 aromatic carbocycles. The van der Waals surface area contributed by atoms with Gasteiger partial charge >= 0.3 is 0 Å². The Labute approximate surface area is 87.1 Å². The van der Waals surface area contributed by atoms with Crippen LogP contribution in [-0.2, 0) is 11.3 Å². The SMILES string of the molecule is COCC(C)NCc1ncc(Cl)s1. The van der Waals surface area contributed by atoms with Crippen molar-refractivity contribution in [2.45, 2.75) is 19.5 Å². The van der Waals surface area contributed by atoms with E-state index in [1.54, 1.807) is 13.3 Å². The molecular weight excluding hydrogens is 208 g/mol. The second-order valence-electron chi connectivity index (χ2n) is 2.80. The summed E-state index contributed by atoms with van der Waals surface area (Å²) < 4.78 is 5.72. The Bertz CT molecular complexity index is 254. The summed E-state index contributed by atoms with van der Waals surface area (Å²) in [6.07, 6.45) is 1.67. The summed E-state index contributed by atoms with van der Waals surface area (Å²) in [7, 11) is 1.69. The molecule has 1 aromatic heterocycles. The predicted octanol–water partition coefficient (Wildman–Crippen LogP) is 1.92. The first-order valence-electron chi connectivity index (χ1n) is 4.05. The van der Waals surface area contributed by atoms with Gasteiger partial charge in [0.1, 0.15) is 9.34 Å². The van der Waals surface area contributed by atoms with Crippen LogP contribution in [0.1, 0.15) is 11.9 Å². The Morgan fingerprint density at radius 2 is 2.54 bits per heavy atom. The molecule has 0 spiro atoms. The van der Waals surface area contributed by atoms with Crippen LogP contribution < -0.4 is 5.32 Å². The van der Waals surface area contributed by atoms with Crippen molar-refractivity contribution in [1.29, 1.82) is 0 Å². The number of methoxy groups -OCH3 is 1. The summed E-state index contributed by atoms with van der Waals surface area (Å²) in [5.41, 5.74) is 0. The molecule has 0 aliphatic heterocycles. The van der Waals surface area contributed by atoms with E-state index in [2.05, 4.69) is 17.2 Å². The molecule has 1 atom stereocenters. The first kappa shape index (κ1) is 10.9. The number of hydrogen-bond donors (Lipinski definition) is 1. The highest BCUT2D eigenvalue weighted by atomic mass is 35.5. The maximum atomic E-state index is 5.74. The van der Waals surface area contributed by atoms with E-state index in [1.165, 1.54) is 11.3 Å². The van der Waals surface area contributed by atoms with Gasteiger partial charge in [-0.3, -0.25) is 0 Å². The molecule has 0 aliphatic rings. The number of aromatic nitrogens is 1. The fraction of sp³-hybridized carbons (Fsp3) is 0.625. The lowest BCUT2D eigenvalue weighted by Crippen LogP contribution is -2.29. The monoisotopic (exact) mass is 220 g/mol. The van der Waals surface area contributed by atoms with Gasteiger partial charge in [-0.2, -0.15) is 0 Å². The molecule has 1 N–H and O–H groups in total. The van der Waals surface area contributed by atoms with Crippen molar-refractivity contribution < 1.29 is 4.74 Å². The van der Waals surface area contributed by atoms with Crippen molar-refractivity contribution in [3.05, 3.63) is 15.5 Å². The number of nitrogens with one attached hydrogen (secondary N) is 1. The minimum absolute atomic E-state index is 0.340. The van der Waals surface area contributed by atoms with E-state index in [0.717, 1.165) is 15.9 Å². The molecule has 0 saturated heterocycles. The molecule has 13 heavy (non-hydrogen) atoms. The minimum Gasteiger partial charge on any atom is -0.383 e. The largest absolute Gasteiger partial charge is 0.383 e. The third-order valence-corrected chi connectivity index (χ3v) is 2.66. The first-order chi connectivity index (χ1) is 6.22. The quantitative estimate of drug-likeness (QED) is 0.824. The molecule has 1 rings (SSSR count). The fourth-order valence-corrected chi connectivity index (χ4v) is 1.85. The van der Waals surface area contributed by atoms with Gasteiger partial charge in [0.05, 0.1) is 12.8 Å². The fourth-order valence-electron chi connectivity index (χ4n) is 0.940. The maximum absolute atomic E-state index is 5.74. The number of thiazole rings is 1. The molecule has 5 heteroatoms. The summed E-state index contributed by atoms with van der Waals surface area (Å²) in [4.78, 5) is 4.13. The van der Waals surface area contributed by atoms with Crippen molar-refractivity contribution >= 4 is 22.9 Å². The summed E-state index contributed by atoms with van der Waals surface area (Å²) in [5, 5.41) is 4.28. The lowest BCUT2D eigenvalue weighted by atomic mass is 10.3. The van der Waals surface area contributed by atoms with E-state index in [9.17, 15) is 0 Å². The number of halogens is 1. The lowest BCUT2D eigenvalue weighted by molar-refractivity contribution is 0.171. The maximum Gasteiger partial charge on any atom is 0.113 e. The van der Waals surface area contributed by atoms with Gasteiger partial charge in [-0.1, -0.05) is 11.6 Å². The van der Waals surface area contributed by atoms with Gasteiger partial charge in [-0.25, -0.2) is 4.98 Å². The van der Waals surface area contributed by atoms with Gasteiger partial charge in [0.15, 0.2) is 0 Å². The molecule has 1 unspecified atom stereocenters. The van der Waals surface area contributed by atoms with Gasteiger partial charge in [0.25, 0.3) is 0 Å². The van der Waals surface area contributed by atoms with Crippen LogP contribution in [0, 0.1) is 0 Å². The molecule has 0 amide bonds. The zero-order valence-corrected chi connectivity index (χ0v) is 9.28. The highest BCUT2D eigenvalue weighted by molar-refractivity contribution is 7.15. The number of nitrogens with zero attached hydrogens (tertiary/aromatic N) is 1. The Kier molecular flexibility index (Phi) is 4.66. The average Bonchev–Trinajstić information content (AvgIpc) is 2.49. The Balaban J connectivity index is 2.26. The van der Waals surface area contributed by atoms with E-state index >= 15 is 0 Å². The number of ether oxygens (including phenoxy) is 1. The van der Waals surface area contributed by atoms with Crippen molar-refractivity contribution in [2.75, 3.05) is 13.7 Å². The highest BCUT2D eigenvalue weighted by Gasteiger charge is 2.03. The summed E-state index contributed by atoms with van der Waals surface area (Å²) in [5.74, 6) is 0. The van der Waals surface area contributed by atoms with Crippen LogP contribution in [0.2, 0.25) is 4.34 Å². The zero-order valence-electron chi connectivity index (χ0n) is 7.71. The third kappa shape index (κ3) is 4.04. The summed E-state index contributed by atoms with van der Waals surface area (Å²) >= 11 is 7.24. The minimum atomic E-state index is 0.340. The van der Waals surface area contributed by atoms with Crippen LogP contribution in [-0.4, -0.2) is 24.7 Å². The first-order valence-corrected chi connectivity index (χ1v) is 5.24. The molecule has 74 valence electrons. The third-order valence-electron chi connectivity index (χ3n) is 1.54. The predicted molar refractivity (Wildman–Crippen MR) is 55.3 cm³/mol. The lowest BCUT2D eigenvalue weighted by Gasteiger charge is -2.10. The number of hydrogen-bond acceptors (Lipinski definition) is 4. The van der Waals surface area contributed by atoms with Crippen LogP contribution >= 0.6 is 22.9 Å². The van der Waals surface area contributed by atoms with Gasteiger partial charge in [0.2, 0.25) is 0 Å². The van der Waals surface area contributed by atoms with Crippen LogP contribution in [0.25, 0.3) is 0 Å². The van der Waals surface area contributed by atoms with Crippen molar-refractivity contribution in [3.63, 3.8) is 0 Å². The topological polar surface area (TPSA) is 34.1 Å². The van der Waals surface area contributed by atoms with Crippen LogP contribution in [0.3, 0.4) is 0 Å². The Morgan fingerprint density at radius 1 is 1.77 bits per heavy atom. The van der Waals surface area contributed by atoms with Crippen LogP contribution in [0.15, 0.2) is 6.20 Å². The average molecular weight is 221 g/mol. The van der Waals surface area contributed by atoms with Crippen molar-refractivity contribution in [1.82, 2.24) is 10.3 Å². The van der Waals surface area contributed by atoms with E-state index in [-0.39, 0.29) is 0 Å². The zero-order chi connectivity index (χ0) is 9.68. The van der Waals surface area contributed by atoms with Gasteiger partial charge in [-0.05, 0) is 6.92 Å². The molecule has 0 fully saturated rings. The summed E-state index contributed by atoms with van der Waals surface area (Å²) in [6.45, 7) is 3.53. The van der Waals surface area contributed by atoms with Gasteiger partial charge < -0.3 is 10.1 Å². The Hall–Kier alpha value is -0.160. The highest BCUT2D eigenvalue weighted by Crippen LogP contribution is 2.17. The smallest absolute Gasteiger partial charge is 0.113 e. The summed E-state index contributed by atoms with van der Waals surface area (Å²) in [6, 6.07) is 0.340. The Morgan fingerprint density at radius 3 is 3.08 bits per heavy atom. The molecule has 0 aliphatic carbocycles. The standard InChI is InChI=1S/C8H13ClN2OS/c1-6(5-12-2)10-4-8-11-3-7(9)13-8/h3,6,10H,4-5H2,1-2H3.